The monoisotopic (exact) mass is 370 g/mol. The molecular formula is C18H24BrClO. The van der Waals surface area contributed by atoms with E-state index < -0.39 is 0 Å². The van der Waals surface area contributed by atoms with E-state index in [1.807, 2.05) is 12.1 Å². The zero-order valence-corrected chi connectivity index (χ0v) is 15.0. The van der Waals surface area contributed by atoms with Crippen LogP contribution in [0.5, 0.6) is 5.75 Å². The Hall–Kier alpha value is -0.210. The number of methoxy groups -OCH3 is 1. The highest BCUT2D eigenvalue weighted by atomic mass is 79.9. The molecule has 116 valence electrons. The van der Waals surface area contributed by atoms with Gasteiger partial charge in [0.1, 0.15) is 5.75 Å². The second-order valence-electron chi connectivity index (χ2n) is 6.67. The van der Waals surface area contributed by atoms with E-state index >= 15 is 0 Å². The van der Waals surface area contributed by atoms with Crippen molar-refractivity contribution in [1.82, 2.24) is 0 Å². The molecule has 4 unspecified atom stereocenters. The van der Waals surface area contributed by atoms with E-state index in [1.54, 1.807) is 7.11 Å². The maximum absolute atomic E-state index is 6.85. The number of benzene rings is 1. The molecule has 2 aliphatic rings. The summed E-state index contributed by atoms with van der Waals surface area (Å²) in [6.45, 7) is 0. The van der Waals surface area contributed by atoms with Crippen molar-refractivity contribution >= 4 is 27.5 Å². The Morgan fingerprint density at radius 2 is 1.90 bits per heavy atom. The van der Waals surface area contributed by atoms with Crippen molar-refractivity contribution < 1.29 is 4.74 Å². The largest absolute Gasteiger partial charge is 0.497 e. The Labute approximate surface area is 141 Å². The average Bonchev–Trinajstić information content (AvgIpc) is 2.53. The summed E-state index contributed by atoms with van der Waals surface area (Å²) >= 11 is 10.5. The molecule has 1 aromatic carbocycles. The minimum Gasteiger partial charge on any atom is -0.497 e. The highest BCUT2D eigenvalue weighted by Gasteiger charge is 2.35. The molecule has 3 heteroatoms. The lowest BCUT2D eigenvalue weighted by atomic mass is 9.66. The van der Waals surface area contributed by atoms with E-state index in [4.69, 9.17) is 16.3 Å². The number of hydrogen-bond donors (Lipinski definition) is 0. The number of ether oxygens (including phenoxy) is 1. The molecule has 21 heavy (non-hydrogen) atoms. The third-order valence-electron chi connectivity index (χ3n) is 5.50. The van der Waals surface area contributed by atoms with E-state index in [1.165, 1.54) is 50.5 Å². The van der Waals surface area contributed by atoms with Crippen molar-refractivity contribution in [2.24, 2.45) is 17.8 Å². The second-order valence-corrected chi connectivity index (χ2v) is 7.99. The lowest BCUT2D eigenvalue weighted by Gasteiger charge is -2.41. The van der Waals surface area contributed by atoms with Gasteiger partial charge in [-0.05, 0) is 54.7 Å². The lowest BCUT2D eigenvalue weighted by Crippen LogP contribution is -2.29. The van der Waals surface area contributed by atoms with E-state index in [2.05, 4.69) is 22.0 Å². The van der Waals surface area contributed by atoms with Gasteiger partial charge in [-0.15, -0.1) is 11.6 Å². The van der Waals surface area contributed by atoms with Crippen LogP contribution in [0.3, 0.4) is 0 Å². The van der Waals surface area contributed by atoms with Gasteiger partial charge in [-0.3, -0.25) is 0 Å². The van der Waals surface area contributed by atoms with Gasteiger partial charge in [-0.2, -0.15) is 0 Å². The molecule has 0 heterocycles. The maximum Gasteiger partial charge on any atom is 0.120 e. The van der Waals surface area contributed by atoms with Crippen molar-refractivity contribution in [2.45, 2.75) is 50.3 Å². The second kappa shape index (κ2) is 6.91. The van der Waals surface area contributed by atoms with Crippen LogP contribution in [0.4, 0.5) is 0 Å². The van der Waals surface area contributed by atoms with Gasteiger partial charge in [0.25, 0.3) is 0 Å². The molecule has 2 saturated carbocycles. The third kappa shape index (κ3) is 3.42. The van der Waals surface area contributed by atoms with Gasteiger partial charge in [0.2, 0.25) is 0 Å². The molecule has 0 radical (unpaired) electrons. The Kier molecular flexibility index (Phi) is 5.16. The molecule has 4 atom stereocenters. The Morgan fingerprint density at radius 3 is 2.62 bits per heavy atom. The van der Waals surface area contributed by atoms with Gasteiger partial charge < -0.3 is 4.74 Å². The molecule has 3 rings (SSSR count). The van der Waals surface area contributed by atoms with Gasteiger partial charge in [0.05, 0.1) is 12.5 Å². The van der Waals surface area contributed by atoms with Crippen molar-refractivity contribution in [3.05, 3.63) is 28.2 Å². The fourth-order valence-electron chi connectivity index (χ4n) is 4.29. The summed E-state index contributed by atoms with van der Waals surface area (Å²) < 4.78 is 6.35. The molecule has 0 aliphatic heterocycles. The van der Waals surface area contributed by atoms with E-state index in [0.717, 1.165) is 22.1 Å². The molecule has 0 aromatic heterocycles. The summed E-state index contributed by atoms with van der Waals surface area (Å²) in [7, 11) is 1.70. The van der Waals surface area contributed by atoms with Crippen LogP contribution < -0.4 is 4.74 Å². The van der Waals surface area contributed by atoms with Crippen LogP contribution >= 0.6 is 27.5 Å². The molecular weight excluding hydrogens is 348 g/mol. The molecule has 2 fully saturated rings. The molecule has 1 aromatic rings. The highest BCUT2D eigenvalue weighted by molar-refractivity contribution is 9.10. The van der Waals surface area contributed by atoms with Crippen LogP contribution in [0.1, 0.15) is 55.9 Å². The summed E-state index contributed by atoms with van der Waals surface area (Å²) in [5.41, 5.74) is 1.22. The number of hydrogen-bond acceptors (Lipinski definition) is 1. The first-order valence-corrected chi connectivity index (χ1v) is 9.39. The fraction of sp³-hybridized carbons (Fsp3) is 0.667. The molecule has 2 aliphatic carbocycles. The Bertz CT molecular complexity index is 490. The predicted octanol–water partition coefficient (Wildman–Crippen LogP) is 6.34. The number of halogens is 2. The minimum atomic E-state index is 0.119. The number of rotatable bonds is 3. The van der Waals surface area contributed by atoms with Crippen LogP contribution in [0.2, 0.25) is 0 Å². The van der Waals surface area contributed by atoms with E-state index in [9.17, 15) is 0 Å². The van der Waals surface area contributed by atoms with Crippen molar-refractivity contribution in [2.75, 3.05) is 7.11 Å². The van der Waals surface area contributed by atoms with Crippen LogP contribution in [0, 0.1) is 17.8 Å². The van der Waals surface area contributed by atoms with Crippen LogP contribution in [0.15, 0.2) is 22.7 Å². The summed E-state index contributed by atoms with van der Waals surface area (Å²) in [4.78, 5) is 0. The first-order valence-electron chi connectivity index (χ1n) is 8.16. The summed E-state index contributed by atoms with van der Waals surface area (Å²) in [5.74, 6) is 3.41. The van der Waals surface area contributed by atoms with Crippen LogP contribution in [0.25, 0.3) is 0 Å². The van der Waals surface area contributed by atoms with Crippen molar-refractivity contribution in [1.29, 1.82) is 0 Å². The third-order valence-corrected chi connectivity index (χ3v) is 6.78. The molecule has 0 spiro atoms. The number of alkyl halides is 1. The van der Waals surface area contributed by atoms with Crippen molar-refractivity contribution in [3.8, 4) is 5.75 Å². The van der Waals surface area contributed by atoms with Crippen molar-refractivity contribution in [3.63, 3.8) is 0 Å². The zero-order valence-electron chi connectivity index (χ0n) is 12.7. The summed E-state index contributed by atoms with van der Waals surface area (Å²) in [5, 5.41) is 0.119. The quantitative estimate of drug-likeness (QED) is 0.563. The van der Waals surface area contributed by atoms with Gasteiger partial charge in [-0.25, -0.2) is 0 Å². The van der Waals surface area contributed by atoms with Gasteiger partial charge >= 0.3 is 0 Å². The standard InChI is InChI=1S/C18H24BrClO/c1-21-15-8-9-16(17(19)11-15)18(20)14-7-6-12-4-2-3-5-13(12)10-14/h8-9,11-14,18H,2-7,10H2,1H3. The normalized spacial score (nSPS) is 30.5. The Balaban J connectivity index is 1.71. The summed E-state index contributed by atoms with van der Waals surface area (Å²) in [6, 6.07) is 6.16. The molecule has 0 bridgehead atoms. The first-order chi connectivity index (χ1) is 10.2. The van der Waals surface area contributed by atoms with Crippen LogP contribution in [-0.4, -0.2) is 7.11 Å². The SMILES string of the molecule is COc1ccc(C(Cl)C2CCC3CCCCC3C2)c(Br)c1. The first kappa shape index (κ1) is 15.7. The topological polar surface area (TPSA) is 9.23 Å². The molecule has 0 amide bonds. The molecule has 0 N–H and O–H groups in total. The average molecular weight is 372 g/mol. The van der Waals surface area contributed by atoms with E-state index in [0.29, 0.717) is 5.92 Å². The summed E-state index contributed by atoms with van der Waals surface area (Å²) in [6.07, 6.45) is 9.73. The Morgan fingerprint density at radius 1 is 1.14 bits per heavy atom. The molecule has 0 saturated heterocycles. The molecule has 1 nitrogen and oxygen atoms in total. The van der Waals surface area contributed by atoms with Gasteiger partial charge in [0, 0.05) is 4.47 Å². The lowest BCUT2D eigenvalue weighted by molar-refractivity contribution is 0.127. The number of fused-ring (bicyclic) bond motifs is 1. The smallest absolute Gasteiger partial charge is 0.120 e. The minimum absolute atomic E-state index is 0.119. The van der Waals surface area contributed by atoms with Gasteiger partial charge in [-0.1, -0.05) is 47.7 Å². The van der Waals surface area contributed by atoms with Gasteiger partial charge in [0.15, 0.2) is 0 Å². The maximum atomic E-state index is 6.85. The fourth-order valence-corrected chi connectivity index (χ4v) is 5.44. The highest BCUT2D eigenvalue weighted by Crippen LogP contribution is 2.49. The zero-order chi connectivity index (χ0) is 14.8. The van der Waals surface area contributed by atoms with E-state index in [-0.39, 0.29) is 5.38 Å². The van der Waals surface area contributed by atoms with Crippen LogP contribution in [-0.2, 0) is 0 Å². The predicted molar refractivity (Wildman–Crippen MR) is 92.1 cm³/mol.